The van der Waals surface area contributed by atoms with Gasteiger partial charge in [0, 0.05) is 47.7 Å². The first kappa shape index (κ1) is 28.3. The van der Waals surface area contributed by atoms with Gasteiger partial charge in [0.2, 0.25) is 5.91 Å². The maximum Gasteiger partial charge on any atom is 0.247 e. The van der Waals surface area contributed by atoms with Crippen molar-refractivity contribution in [3.8, 4) is 5.75 Å². The molecule has 10 nitrogen and oxygen atoms in total. The predicted molar refractivity (Wildman–Crippen MR) is 140 cm³/mol. The van der Waals surface area contributed by atoms with Crippen LogP contribution in [-0.4, -0.2) is 86.6 Å². The number of aromatic hydroxyl groups is 1. The van der Waals surface area contributed by atoms with E-state index in [1.54, 1.807) is 38.1 Å². The van der Waals surface area contributed by atoms with E-state index in [0.29, 0.717) is 24.2 Å². The molecule has 3 aliphatic carbocycles. The molecule has 8 N–H and O–H groups in total. The number of benzene rings is 1. The first-order valence-electron chi connectivity index (χ1n) is 12.8. The number of carbonyl (C=O) groups is 2. The Kier molecular flexibility index (Phi) is 7.03. The lowest BCUT2D eigenvalue weighted by Crippen LogP contribution is -2.67. The highest BCUT2D eigenvalue weighted by Gasteiger charge is 2.63. The summed E-state index contributed by atoms with van der Waals surface area (Å²) in [6.45, 7) is 8.99. The molecule has 0 fully saturated rings. The minimum Gasteiger partial charge on any atom is -0.508 e. The number of aliphatic hydroxyl groups is 4. The third-order valence-electron chi connectivity index (χ3n) is 8.24. The third kappa shape index (κ3) is 4.24. The number of phenols is 1. The summed E-state index contributed by atoms with van der Waals surface area (Å²) in [5.74, 6) is -5.27. The second kappa shape index (κ2) is 9.46. The van der Waals surface area contributed by atoms with Gasteiger partial charge in [0.25, 0.3) is 0 Å². The van der Waals surface area contributed by atoms with Gasteiger partial charge in [-0.05, 0) is 37.1 Å². The summed E-state index contributed by atoms with van der Waals surface area (Å²) in [6.07, 6.45) is -1.88. The summed E-state index contributed by atoms with van der Waals surface area (Å²) >= 11 is 0. The van der Waals surface area contributed by atoms with E-state index in [4.69, 9.17) is 5.73 Å². The Morgan fingerprint density at radius 1 is 1.18 bits per heavy atom. The number of phenolic OH excluding ortho intramolecular Hbond substituents is 1. The number of hydrogen-bond donors (Lipinski definition) is 7. The minimum atomic E-state index is -2.35. The second-order valence-electron chi connectivity index (χ2n) is 12.3. The Labute approximate surface area is 222 Å². The van der Waals surface area contributed by atoms with Crippen LogP contribution >= 0.6 is 0 Å². The quantitative estimate of drug-likeness (QED) is 0.289. The minimum absolute atomic E-state index is 0.0114. The van der Waals surface area contributed by atoms with Crippen LogP contribution in [-0.2, 0) is 11.3 Å². The van der Waals surface area contributed by atoms with Gasteiger partial charge in [0.05, 0.1) is 11.7 Å². The van der Waals surface area contributed by atoms with Crippen molar-refractivity contribution in [1.82, 2.24) is 10.2 Å². The average Bonchev–Trinajstić information content (AvgIpc) is 2.80. The van der Waals surface area contributed by atoms with Crippen molar-refractivity contribution >= 4 is 11.7 Å². The molecule has 0 spiro atoms. The van der Waals surface area contributed by atoms with E-state index in [1.807, 2.05) is 0 Å². The highest BCUT2D eigenvalue weighted by molar-refractivity contribution is 6.14. The number of amides is 1. The van der Waals surface area contributed by atoms with Gasteiger partial charge >= 0.3 is 0 Å². The SMILES string of the molecule is C[C@H]1c2ccc(CNCC(C)(C)C)c(O)c2C(=O)C2=C(O)[C@]3(O)C=C(C(N)=O)C(O)[C@@H](N(C)C)[C@@H]3[C@@H](O)[C@@H]21. The zero-order valence-corrected chi connectivity index (χ0v) is 22.7. The number of carbonyl (C=O) groups excluding carboxylic acids is 2. The number of aliphatic hydroxyl groups excluding tert-OH is 3. The number of nitrogens with zero attached hydrogens (tertiary/aromatic N) is 1. The fraction of sp³-hybridized carbons (Fsp3) is 0.571. The number of fused-ring (bicyclic) bond motifs is 3. The lowest BCUT2D eigenvalue weighted by molar-refractivity contribution is -0.134. The molecule has 208 valence electrons. The number of hydrogen-bond acceptors (Lipinski definition) is 9. The van der Waals surface area contributed by atoms with E-state index in [-0.39, 0.29) is 27.9 Å². The lowest BCUT2D eigenvalue weighted by Gasteiger charge is -2.54. The largest absolute Gasteiger partial charge is 0.508 e. The van der Waals surface area contributed by atoms with E-state index < -0.39 is 59.1 Å². The second-order valence-corrected chi connectivity index (χ2v) is 12.3. The molecule has 1 unspecified atom stereocenters. The predicted octanol–water partition coefficient (Wildman–Crippen LogP) is 0.694. The molecule has 0 aliphatic heterocycles. The number of primary amides is 1. The van der Waals surface area contributed by atoms with Gasteiger partial charge in [-0.1, -0.05) is 39.8 Å². The normalized spacial score (nSPS) is 33.0. The Balaban J connectivity index is 1.88. The van der Waals surface area contributed by atoms with Crippen LogP contribution < -0.4 is 11.1 Å². The number of ketones is 1. The summed E-state index contributed by atoms with van der Waals surface area (Å²) in [5.41, 5.74) is 3.61. The van der Waals surface area contributed by atoms with Crippen molar-refractivity contribution in [2.45, 2.75) is 64.0 Å². The zero-order valence-electron chi connectivity index (χ0n) is 22.7. The summed E-state index contributed by atoms with van der Waals surface area (Å²) in [4.78, 5) is 27.6. The molecule has 4 rings (SSSR count). The summed E-state index contributed by atoms with van der Waals surface area (Å²) in [7, 11) is 3.22. The molecule has 1 aromatic rings. The number of nitrogens with one attached hydrogen (secondary N) is 1. The van der Waals surface area contributed by atoms with Gasteiger partial charge < -0.3 is 41.5 Å². The Bertz CT molecular complexity index is 1230. The lowest BCUT2D eigenvalue weighted by atomic mass is 9.56. The number of rotatable bonds is 5. The maximum absolute atomic E-state index is 13.9. The third-order valence-corrected chi connectivity index (χ3v) is 8.24. The molecule has 3 aliphatic rings. The molecular weight excluding hydrogens is 490 g/mol. The van der Waals surface area contributed by atoms with Crippen molar-refractivity contribution in [3.05, 3.63) is 51.8 Å². The van der Waals surface area contributed by atoms with E-state index in [1.165, 1.54) is 0 Å². The molecule has 0 aromatic heterocycles. The molecule has 1 amide bonds. The molecule has 0 saturated heterocycles. The van der Waals surface area contributed by atoms with E-state index in [2.05, 4.69) is 26.1 Å². The van der Waals surface area contributed by atoms with Crippen molar-refractivity contribution < 1.29 is 35.1 Å². The smallest absolute Gasteiger partial charge is 0.247 e. The standard InChI is InChI=1S/C28H39N3O7/c1-12-14-8-7-13(10-30-11-27(2,3)4)21(32)17(14)23(34)18-16(12)24(35)19-20(31(5)6)22(33)15(26(29)37)9-28(19,38)25(18)36/h7-9,12,16,19-20,22,24,30,32-33,35-36,38H,10-11H2,1-6H3,(H2,29,37)/t12-,16+,19+,20-,22?,24-,28-/m0/s1. The molecule has 10 heteroatoms. The molecule has 0 radical (unpaired) electrons. The molecule has 0 bridgehead atoms. The first-order valence-corrected chi connectivity index (χ1v) is 12.8. The van der Waals surface area contributed by atoms with Crippen molar-refractivity contribution in [2.75, 3.05) is 20.6 Å². The number of likely N-dealkylation sites (N-methyl/N-ethyl adjacent to an activating group) is 1. The maximum atomic E-state index is 13.9. The van der Waals surface area contributed by atoms with Gasteiger partial charge in [0.1, 0.15) is 23.2 Å². The van der Waals surface area contributed by atoms with Gasteiger partial charge in [0.15, 0.2) is 5.78 Å². The topological polar surface area (TPSA) is 177 Å². The van der Waals surface area contributed by atoms with Crippen LogP contribution in [0.2, 0.25) is 0 Å². The Morgan fingerprint density at radius 2 is 1.82 bits per heavy atom. The van der Waals surface area contributed by atoms with Crippen LogP contribution in [0.1, 0.15) is 55.1 Å². The van der Waals surface area contributed by atoms with Crippen molar-refractivity contribution in [3.63, 3.8) is 0 Å². The summed E-state index contributed by atoms with van der Waals surface area (Å²) < 4.78 is 0. The van der Waals surface area contributed by atoms with E-state index >= 15 is 0 Å². The van der Waals surface area contributed by atoms with Gasteiger partial charge in [-0.3, -0.25) is 9.59 Å². The zero-order chi connectivity index (χ0) is 28.5. The average molecular weight is 530 g/mol. The Hall–Kier alpha value is -2.76. The van der Waals surface area contributed by atoms with Crippen LogP contribution in [0, 0.1) is 17.3 Å². The van der Waals surface area contributed by atoms with E-state index in [0.717, 1.165) is 6.08 Å². The monoisotopic (exact) mass is 529 g/mol. The van der Waals surface area contributed by atoms with Crippen LogP contribution in [0.3, 0.4) is 0 Å². The number of Topliss-reactive ketones (excluding diaryl/α,β-unsaturated/α-hetero) is 1. The highest BCUT2D eigenvalue weighted by Crippen LogP contribution is 2.55. The molecule has 0 heterocycles. The van der Waals surface area contributed by atoms with Crippen LogP contribution in [0.5, 0.6) is 5.75 Å². The molecule has 1 aromatic carbocycles. The van der Waals surface area contributed by atoms with Gasteiger partial charge in [-0.25, -0.2) is 0 Å². The van der Waals surface area contributed by atoms with Gasteiger partial charge in [-0.15, -0.1) is 0 Å². The molecule has 0 saturated carbocycles. The van der Waals surface area contributed by atoms with Crippen LogP contribution in [0.15, 0.2) is 35.1 Å². The molecule has 7 atom stereocenters. The van der Waals surface area contributed by atoms with Crippen molar-refractivity contribution in [2.24, 2.45) is 23.0 Å². The first-order chi connectivity index (χ1) is 17.5. The van der Waals surface area contributed by atoms with Gasteiger partial charge in [-0.2, -0.15) is 0 Å². The summed E-state index contributed by atoms with van der Waals surface area (Å²) in [5, 5.41) is 60.3. The number of nitrogens with two attached hydrogens (primary N) is 1. The van der Waals surface area contributed by atoms with Crippen LogP contribution in [0.25, 0.3) is 0 Å². The highest BCUT2D eigenvalue weighted by atomic mass is 16.3. The molecule has 38 heavy (non-hydrogen) atoms. The summed E-state index contributed by atoms with van der Waals surface area (Å²) in [6, 6.07) is 2.49. The van der Waals surface area contributed by atoms with E-state index in [9.17, 15) is 35.1 Å². The van der Waals surface area contributed by atoms with Crippen molar-refractivity contribution in [1.29, 1.82) is 0 Å². The van der Waals surface area contributed by atoms with Crippen LogP contribution in [0.4, 0.5) is 0 Å². The Morgan fingerprint density at radius 3 is 2.37 bits per heavy atom. The fourth-order valence-corrected chi connectivity index (χ4v) is 6.45. The molecular formula is C28H39N3O7. The fourth-order valence-electron chi connectivity index (χ4n) is 6.45.